The molecule has 18 heavy (non-hydrogen) atoms. The van der Waals surface area contributed by atoms with E-state index in [0.29, 0.717) is 19.6 Å². The fourth-order valence-electron chi connectivity index (χ4n) is 1.65. The van der Waals surface area contributed by atoms with Crippen LogP contribution in [0.15, 0.2) is 12.2 Å². The minimum atomic E-state index is -2.83. The molecule has 0 spiro atoms. The summed E-state index contributed by atoms with van der Waals surface area (Å²) in [5.41, 5.74) is -0.235. The van der Waals surface area contributed by atoms with Gasteiger partial charge in [-0.2, -0.15) is 0 Å². The Balaban J connectivity index is 2.31. The van der Waals surface area contributed by atoms with Gasteiger partial charge in [0.2, 0.25) is 5.91 Å². The summed E-state index contributed by atoms with van der Waals surface area (Å²) in [6.45, 7) is 7.49. The van der Waals surface area contributed by atoms with Crippen molar-refractivity contribution in [2.45, 2.75) is 26.3 Å². The van der Waals surface area contributed by atoms with Crippen LogP contribution in [0.2, 0.25) is 0 Å². The van der Waals surface area contributed by atoms with Gasteiger partial charge in [-0.1, -0.05) is 6.08 Å². The van der Waals surface area contributed by atoms with Gasteiger partial charge in [-0.25, -0.2) is 8.42 Å². The maximum atomic E-state index is 11.5. The first-order valence-electron chi connectivity index (χ1n) is 6.09. The molecule has 0 saturated carbocycles. The molecule has 1 saturated heterocycles. The minimum absolute atomic E-state index is 0.118. The average Bonchev–Trinajstić information content (AvgIpc) is 2.18. The number of hydrogen-bond donors (Lipinski definition) is 1. The number of carbonyl (C=O) groups excluding carboxylic acids is 1. The molecule has 1 rings (SSSR count). The van der Waals surface area contributed by atoms with Gasteiger partial charge in [0.1, 0.15) is 0 Å². The highest BCUT2D eigenvalue weighted by Gasteiger charge is 2.20. The molecule has 1 fully saturated rings. The van der Waals surface area contributed by atoms with Crippen LogP contribution in [0.5, 0.6) is 0 Å². The highest BCUT2D eigenvalue weighted by atomic mass is 32.2. The summed E-state index contributed by atoms with van der Waals surface area (Å²) < 4.78 is 22.5. The van der Waals surface area contributed by atoms with E-state index in [9.17, 15) is 13.2 Å². The fraction of sp³-hybridized carbons (Fsp3) is 0.750. The van der Waals surface area contributed by atoms with Crippen LogP contribution in [0.1, 0.15) is 20.8 Å². The maximum Gasteiger partial charge on any atom is 0.244 e. The van der Waals surface area contributed by atoms with Crippen molar-refractivity contribution >= 4 is 15.7 Å². The monoisotopic (exact) mass is 274 g/mol. The second-order valence-corrected chi connectivity index (χ2v) is 7.90. The first-order chi connectivity index (χ1) is 8.18. The van der Waals surface area contributed by atoms with Gasteiger partial charge in [-0.05, 0) is 20.8 Å². The first kappa shape index (κ1) is 15.2. The van der Waals surface area contributed by atoms with Crippen molar-refractivity contribution in [3.63, 3.8) is 0 Å². The molecule has 1 aliphatic rings. The zero-order valence-electron chi connectivity index (χ0n) is 11.3. The van der Waals surface area contributed by atoms with Crippen LogP contribution in [-0.4, -0.2) is 55.9 Å². The van der Waals surface area contributed by atoms with Crippen LogP contribution in [0.3, 0.4) is 0 Å². The third-order valence-electron chi connectivity index (χ3n) is 2.57. The van der Waals surface area contributed by atoms with Crippen LogP contribution in [0.4, 0.5) is 0 Å². The second kappa shape index (κ2) is 5.84. The highest BCUT2D eigenvalue weighted by molar-refractivity contribution is 7.91. The summed E-state index contributed by atoms with van der Waals surface area (Å²) >= 11 is 0. The van der Waals surface area contributed by atoms with Crippen molar-refractivity contribution in [2.24, 2.45) is 0 Å². The molecule has 0 unspecified atom stereocenters. The highest BCUT2D eigenvalue weighted by Crippen LogP contribution is 2.03. The lowest BCUT2D eigenvalue weighted by Gasteiger charge is -2.25. The molecule has 1 aliphatic heterocycles. The van der Waals surface area contributed by atoms with Crippen molar-refractivity contribution in [3.05, 3.63) is 12.2 Å². The van der Waals surface area contributed by atoms with E-state index < -0.39 is 9.84 Å². The van der Waals surface area contributed by atoms with E-state index in [1.165, 1.54) is 6.08 Å². The number of amides is 1. The van der Waals surface area contributed by atoms with E-state index >= 15 is 0 Å². The van der Waals surface area contributed by atoms with Crippen LogP contribution in [-0.2, 0) is 14.6 Å². The predicted molar refractivity (Wildman–Crippen MR) is 72.1 cm³/mol. The van der Waals surface area contributed by atoms with Crippen molar-refractivity contribution in [2.75, 3.05) is 31.1 Å². The summed E-state index contributed by atoms with van der Waals surface area (Å²) in [7, 11) is -2.83. The summed E-state index contributed by atoms with van der Waals surface area (Å²) in [6, 6.07) is 0. The summed E-state index contributed by atoms with van der Waals surface area (Å²) in [4.78, 5) is 13.5. The Kier molecular flexibility index (Phi) is 4.92. The molecule has 0 atom stereocenters. The molecule has 104 valence electrons. The third-order valence-corrected chi connectivity index (χ3v) is 4.18. The van der Waals surface area contributed by atoms with Gasteiger partial charge in [0.25, 0.3) is 0 Å². The number of sulfone groups is 1. The number of nitrogens with one attached hydrogen (secondary N) is 1. The Hall–Kier alpha value is -0.880. The topological polar surface area (TPSA) is 66.5 Å². The van der Waals surface area contributed by atoms with Crippen molar-refractivity contribution in [1.29, 1.82) is 0 Å². The van der Waals surface area contributed by atoms with Gasteiger partial charge >= 0.3 is 0 Å². The van der Waals surface area contributed by atoms with Crippen LogP contribution >= 0.6 is 0 Å². The lowest BCUT2D eigenvalue weighted by atomic mass is 10.1. The summed E-state index contributed by atoms with van der Waals surface area (Å²) in [5, 5.41) is 2.83. The molecule has 1 N–H and O–H groups in total. The number of hydrogen-bond acceptors (Lipinski definition) is 4. The minimum Gasteiger partial charge on any atom is -0.348 e. The number of rotatable bonds is 3. The van der Waals surface area contributed by atoms with Crippen LogP contribution in [0, 0.1) is 0 Å². The van der Waals surface area contributed by atoms with Gasteiger partial charge in [-0.15, -0.1) is 0 Å². The van der Waals surface area contributed by atoms with Gasteiger partial charge in [0.15, 0.2) is 9.84 Å². The Morgan fingerprint density at radius 3 is 2.33 bits per heavy atom. The van der Waals surface area contributed by atoms with Crippen molar-refractivity contribution < 1.29 is 13.2 Å². The zero-order chi connectivity index (χ0) is 13.8. The standard InChI is InChI=1S/C12H22N2O3S/c1-12(2,3)13-11(15)5-4-6-14-7-9-18(16,17)10-8-14/h4-5H,6-10H2,1-3H3,(H,13,15)/b5-4+. The molecule has 5 nitrogen and oxygen atoms in total. The van der Waals surface area contributed by atoms with E-state index in [1.807, 2.05) is 25.7 Å². The molecular formula is C12H22N2O3S. The number of carbonyl (C=O) groups is 1. The smallest absolute Gasteiger partial charge is 0.244 e. The summed E-state index contributed by atoms with van der Waals surface area (Å²) in [6.07, 6.45) is 3.29. The molecule has 0 bridgehead atoms. The molecular weight excluding hydrogens is 252 g/mol. The lowest BCUT2D eigenvalue weighted by molar-refractivity contribution is -0.117. The Labute approximate surface area is 109 Å². The largest absolute Gasteiger partial charge is 0.348 e. The zero-order valence-corrected chi connectivity index (χ0v) is 12.1. The van der Waals surface area contributed by atoms with Gasteiger partial charge < -0.3 is 5.32 Å². The van der Waals surface area contributed by atoms with Crippen molar-refractivity contribution in [3.8, 4) is 0 Å². The lowest BCUT2D eigenvalue weighted by Crippen LogP contribution is -2.41. The van der Waals surface area contributed by atoms with Crippen LogP contribution < -0.4 is 5.32 Å². The first-order valence-corrected chi connectivity index (χ1v) is 7.92. The van der Waals surface area contributed by atoms with Crippen molar-refractivity contribution in [1.82, 2.24) is 10.2 Å². The predicted octanol–water partition coefficient (Wildman–Crippen LogP) is 0.188. The molecule has 1 amide bonds. The molecule has 0 radical (unpaired) electrons. The van der Waals surface area contributed by atoms with E-state index in [2.05, 4.69) is 5.32 Å². The number of nitrogens with zero attached hydrogens (tertiary/aromatic N) is 1. The molecule has 0 aromatic carbocycles. The van der Waals surface area contributed by atoms with Gasteiger partial charge in [0.05, 0.1) is 11.5 Å². The van der Waals surface area contributed by atoms with Gasteiger partial charge in [0, 0.05) is 31.2 Å². The molecule has 0 aliphatic carbocycles. The SMILES string of the molecule is CC(C)(C)NC(=O)/C=C/CN1CCS(=O)(=O)CC1. The van der Waals surface area contributed by atoms with E-state index in [-0.39, 0.29) is 23.0 Å². The average molecular weight is 274 g/mol. The van der Waals surface area contributed by atoms with Crippen LogP contribution in [0.25, 0.3) is 0 Å². The normalized spacial score (nSPS) is 21.1. The molecule has 6 heteroatoms. The quantitative estimate of drug-likeness (QED) is 0.746. The second-order valence-electron chi connectivity index (χ2n) is 5.59. The Bertz CT molecular complexity index is 407. The maximum absolute atomic E-state index is 11.5. The molecule has 0 aromatic heterocycles. The van der Waals surface area contributed by atoms with E-state index in [0.717, 1.165) is 0 Å². The summed E-state index contributed by atoms with van der Waals surface area (Å²) in [5.74, 6) is 0.316. The Morgan fingerprint density at radius 2 is 1.83 bits per heavy atom. The Morgan fingerprint density at radius 1 is 1.28 bits per heavy atom. The van der Waals surface area contributed by atoms with Gasteiger partial charge in [-0.3, -0.25) is 9.69 Å². The van der Waals surface area contributed by atoms with E-state index in [4.69, 9.17) is 0 Å². The third kappa shape index (κ3) is 6.16. The molecule has 1 heterocycles. The van der Waals surface area contributed by atoms with E-state index in [1.54, 1.807) is 6.08 Å². The fourth-order valence-corrected chi connectivity index (χ4v) is 2.93. The molecule has 0 aromatic rings.